The molecule has 6 aliphatic carbocycles. The number of carbonyl (C=O) groups excluding carboxylic acids is 2. The van der Waals surface area contributed by atoms with Gasteiger partial charge >= 0.3 is 0 Å². The fraction of sp³-hybridized carbons (Fsp3) is 0.778. The molecule has 7 aliphatic rings. The Kier molecular flexibility index (Phi) is 1.31. The number of epoxide rings is 1. The first-order chi connectivity index (χ1) is 10.2. The van der Waals surface area contributed by atoms with E-state index >= 15 is 0 Å². The van der Waals surface area contributed by atoms with Crippen molar-refractivity contribution in [1.82, 2.24) is 0 Å². The highest BCUT2D eigenvalue weighted by molar-refractivity contribution is 6.08. The van der Waals surface area contributed by atoms with Gasteiger partial charge in [-0.05, 0) is 61.5 Å². The van der Waals surface area contributed by atoms with Crippen LogP contribution in [0, 0.1) is 40.9 Å². The van der Waals surface area contributed by atoms with Gasteiger partial charge in [-0.1, -0.05) is 0 Å². The molecule has 3 nitrogen and oxygen atoms in total. The Morgan fingerprint density at radius 1 is 0.905 bits per heavy atom. The van der Waals surface area contributed by atoms with Gasteiger partial charge in [0.25, 0.3) is 0 Å². The van der Waals surface area contributed by atoms with E-state index in [1.165, 1.54) is 25.7 Å². The molecule has 0 unspecified atom stereocenters. The standard InChI is InChI=1S/C18H18O3/c19-10-1-2-11(20)15-9-7-8(14(10)15)17-12-3-4-13(16(12)5-6-16)18(9,17)21-17/h1-2,8-9,12-15H,3-7H2/t8-,9-,12+,13+,14-,15-,17-,18-/m1/s1. The van der Waals surface area contributed by atoms with Crippen LogP contribution in [-0.4, -0.2) is 22.8 Å². The highest BCUT2D eigenvalue weighted by atomic mass is 16.6. The first kappa shape index (κ1) is 10.7. The lowest BCUT2D eigenvalue weighted by Crippen LogP contribution is -2.50. The largest absolute Gasteiger partial charge is 0.361 e. The minimum atomic E-state index is -0.0433. The summed E-state index contributed by atoms with van der Waals surface area (Å²) < 4.78 is 6.57. The summed E-state index contributed by atoms with van der Waals surface area (Å²) in [5.41, 5.74) is 0.626. The van der Waals surface area contributed by atoms with E-state index < -0.39 is 0 Å². The molecule has 1 spiro atoms. The number of fused-ring (bicyclic) bond motifs is 5. The molecule has 5 saturated carbocycles. The van der Waals surface area contributed by atoms with Crippen molar-refractivity contribution in [3.05, 3.63) is 12.2 Å². The summed E-state index contributed by atoms with van der Waals surface area (Å²) in [5, 5.41) is 0. The zero-order valence-corrected chi connectivity index (χ0v) is 11.9. The summed E-state index contributed by atoms with van der Waals surface area (Å²) in [4.78, 5) is 24.9. The van der Waals surface area contributed by atoms with E-state index in [-0.39, 0.29) is 34.6 Å². The second-order valence-corrected chi connectivity index (χ2v) is 8.74. The van der Waals surface area contributed by atoms with Gasteiger partial charge < -0.3 is 4.74 Å². The molecular weight excluding hydrogens is 264 g/mol. The Bertz CT molecular complexity index is 637. The molecule has 1 saturated heterocycles. The fourth-order valence-corrected chi connectivity index (χ4v) is 8.55. The van der Waals surface area contributed by atoms with Crippen molar-refractivity contribution in [3.8, 4) is 0 Å². The van der Waals surface area contributed by atoms with Crippen LogP contribution < -0.4 is 0 Å². The smallest absolute Gasteiger partial charge is 0.160 e. The van der Waals surface area contributed by atoms with Crippen molar-refractivity contribution < 1.29 is 14.3 Å². The molecule has 1 aliphatic heterocycles. The summed E-state index contributed by atoms with van der Waals surface area (Å²) in [7, 11) is 0. The van der Waals surface area contributed by atoms with Crippen LogP contribution in [0.1, 0.15) is 32.1 Å². The van der Waals surface area contributed by atoms with Crippen LogP contribution in [0.2, 0.25) is 0 Å². The molecule has 1 heterocycles. The zero-order chi connectivity index (χ0) is 13.8. The van der Waals surface area contributed by atoms with Crippen molar-refractivity contribution in [2.45, 2.75) is 43.3 Å². The zero-order valence-electron chi connectivity index (χ0n) is 11.9. The summed E-state index contributed by atoms with van der Waals surface area (Å²) >= 11 is 0. The average Bonchev–Trinajstić information content (AvgIpc) is 3.25. The molecule has 0 radical (unpaired) electrons. The van der Waals surface area contributed by atoms with Crippen LogP contribution in [-0.2, 0) is 14.3 Å². The lowest BCUT2D eigenvalue weighted by Gasteiger charge is -2.37. The minimum absolute atomic E-state index is 0.0272. The summed E-state index contributed by atoms with van der Waals surface area (Å²) in [6, 6.07) is 0. The van der Waals surface area contributed by atoms with Crippen LogP contribution in [0.15, 0.2) is 12.2 Å². The van der Waals surface area contributed by atoms with Crippen molar-refractivity contribution in [3.63, 3.8) is 0 Å². The minimum Gasteiger partial charge on any atom is -0.361 e. The molecular formula is C18H18O3. The third kappa shape index (κ3) is 0.730. The number of allylic oxidation sites excluding steroid dienone is 2. The highest BCUT2D eigenvalue weighted by Crippen LogP contribution is 2.93. The molecule has 0 aromatic rings. The fourth-order valence-electron chi connectivity index (χ4n) is 8.55. The predicted octanol–water partition coefficient (Wildman–Crippen LogP) is 1.90. The van der Waals surface area contributed by atoms with Gasteiger partial charge in [0, 0.05) is 23.7 Å². The first-order valence-corrected chi connectivity index (χ1v) is 8.63. The van der Waals surface area contributed by atoms with E-state index in [1.54, 1.807) is 12.2 Å². The average molecular weight is 282 g/mol. The molecule has 0 aromatic heterocycles. The maximum absolute atomic E-state index is 12.4. The molecule has 8 atom stereocenters. The van der Waals surface area contributed by atoms with Gasteiger partial charge in [-0.25, -0.2) is 0 Å². The van der Waals surface area contributed by atoms with E-state index in [0.29, 0.717) is 29.1 Å². The van der Waals surface area contributed by atoms with Gasteiger partial charge in [-0.2, -0.15) is 0 Å². The normalized spacial score (nSPS) is 65.7. The van der Waals surface area contributed by atoms with E-state index in [1.807, 2.05) is 0 Å². The van der Waals surface area contributed by atoms with E-state index in [2.05, 4.69) is 0 Å². The third-order valence-corrected chi connectivity index (χ3v) is 8.83. The molecule has 3 heteroatoms. The Morgan fingerprint density at radius 3 is 1.90 bits per heavy atom. The summed E-state index contributed by atoms with van der Waals surface area (Å²) in [6.07, 6.45) is 9.55. The van der Waals surface area contributed by atoms with Gasteiger partial charge in [0.05, 0.1) is 0 Å². The van der Waals surface area contributed by atoms with Gasteiger partial charge in [0.2, 0.25) is 0 Å². The van der Waals surface area contributed by atoms with Gasteiger partial charge in [-0.15, -0.1) is 0 Å². The molecule has 0 amide bonds. The Hall–Kier alpha value is -0.960. The molecule has 0 N–H and O–H groups in total. The van der Waals surface area contributed by atoms with Crippen LogP contribution >= 0.6 is 0 Å². The Labute approximate surface area is 123 Å². The van der Waals surface area contributed by atoms with Gasteiger partial charge in [0.1, 0.15) is 11.2 Å². The number of carbonyl (C=O) groups is 2. The number of ether oxygens (including phenoxy) is 1. The monoisotopic (exact) mass is 282 g/mol. The number of ketones is 2. The van der Waals surface area contributed by atoms with Crippen LogP contribution in [0.5, 0.6) is 0 Å². The number of rotatable bonds is 0. The maximum Gasteiger partial charge on any atom is 0.160 e. The molecule has 0 aromatic carbocycles. The van der Waals surface area contributed by atoms with Crippen molar-refractivity contribution in [2.75, 3.05) is 0 Å². The number of hydrogen-bond donors (Lipinski definition) is 0. The highest BCUT2D eigenvalue weighted by Gasteiger charge is 2.99. The first-order valence-electron chi connectivity index (χ1n) is 8.63. The lowest BCUT2D eigenvalue weighted by atomic mass is 9.60. The second-order valence-electron chi connectivity index (χ2n) is 8.74. The SMILES string of the molecule is O=C1C=CC(=O)[C@@H]2[C@@H]1[C@H]1C[C@H]2[C@]23O[C@@]12[C@H]1CC[C@H]3C12CC2. The lowest BCUT2D eigenvalue weighted by molar-refractivity contribution is -0.132. The predicted molar refractivity (Wildman–Crippen MR) is 72.2 cm³/mol. The quantitative estimate of drug-likeness (QED) is 0.638. The molecule has 21 heavy (non-hydrogen) atoms. The molecule has 4 bridgehead atoms. The summed E-state index contributed by atoms with van der Waals surface area (Å²) in [5.74, 6) is 2.44. The van der Waals surface area contributed by atoms with Crippen LogP contribution in [0.3, 0.4) is 0 Å². The van der Waals surface area contributed by atoms with Crippen molar-refractivity contribution in [1.29, 1.82) is 0 Å². The maximum atomic E-state index is 12.4. The van der Waals surface area contributed by atoms with E-state index in [0.717, 1.165) is 6.42 Å². The molecule has 7 rings (SSSR count). The van der Waals surface area contributed by atoms with Gasteiger partial charge in [-0.3, -0.25) is 9.59 Å². The van der Waals surface area contributed by atoms with Crippen LogP contribution in [0.25, 0.3) is 0 Å². The third-order valence-electron chi connectivity index (χ3n) is 8.83. The van der Waals surface area contributed by atoms with Crippen molar-refractivity contribution >= 4 is 11.6 Å². The molecule has 108 valence electrons. The van der Waals surface area contributed by atoms with Crippen molar-refractivity contribution in [2.24, 2.45) is 40.9 Å². The van der Waals surface area contributed by atoms with E-state index in [4.69, 9.17) is 4.74 Å². The van der Waals surface area contributed by atoms with E-state index in [9.17, 15) is 9.59 Å². The second kappa shape index (κ2) is 2.58. The number of hydrogen-bond acceptors (Lipinski definition) is 3. The topological polar surface area (TPSA) is 46.7 Å². The molecule has 6 fully saturated rings. The Balaban J connectivity index is 1.47. The van der Waals surface area contributed by atoms with Crippen LogP contribution in [0.4, 0.5) is 0 Å². The summed E-state index contributed by atoms with van der Waals surface area (Å²) in [6.45, 7) is 0. The Morgan fingerprint density at radius 2 is 1.43 bits per heavy atom. The van der Waals surface area contributed by atoms with Gasteiger partial charge in [0.15, 0.2) is 11.6 Å².